The van der Waals surface area contributed by atoms with Gasteiger partial charge < -0.3 is 19.5 Å². The minimum Gasteiger partial charge on any atom is -0.497 e. The average molecular weight is 307 g/mol. The third kappa shape index (κ3) is 3.57. The number of amides is 1. The average Bonchev–Trinajstić information content (AvgIpc) is 2.54. The fourth-order valence-corrected chi connectivity index (χ4v) is 2.62. The summed E-state index contributed by atoms with van der Waals surface area (Å²) < 4.78 is 10.5. The number of carbonyl (C=O) groups is 2. The quantitative estimate of drug-likeness (QED) is 0.901. The summed E-state index contributed by atoms with van der Waals surface area (Å²) in [7, 11) is 1.45. The van der Waals surface area contributed by atoms with Crippen LogP contribution in [0.2, 0.25) is 0 Å². The largest absolute Gasteiger partial charge is 0.497 e. The summed E-state index contributed by atoms with van der Waals surface area (Å²) in [5.41, 5.74) is 0.378. The Morgan fingerprint density at radius 3 is 2.73 bits per heavy atom. The number of morpholine rings is 1. The number of carbonyl (C=O) groups excluding carboxylic acids is 1. The first-order valence-corrected chi connectivity index (χ1v) is 7.38. The van der Waals surface area contributed by atoms with E-state index in [0.717, 1.165) is 12.8 Å². The van der Waals surface area contributed by atoms with Crippen molar-refractivity contribution in [2.45, 2.75) is 25.8 Å². The maximum atomic E-state index is 12.7. The topological polar surface area (TPSA) is 76.1 Å². The molecule has 1 amide bonds. The molecule has 0 saturated carbocycles. The first-order chi connectivity index (χ1) is 10.6. The molecular formula is C16H21NO5. The number of carboxylic acids is 1. The van der Waals surface area contributed by atoms with Crippen molar-refractivity contribution in [3.05, 3.63) is 29.3 Å². The Balaban J connectivity index is 2.30. The Morgan fingerprint density at radius 1 is 1.36 bits per heavy atom. The highest BCUT2D eigenvalue weighted by Crippen LogP contribution is 2.21. The second-order valence-corrected chi connectivity index (χ2v) is 5.27. The molecule has 1 fully saturated rings. The maximum absolute atomic E-state index is 12.7. The van der Waals surface area contributed by atoms with Gasteiger partial charge in [-0.25, -0.2) is 4.79 Å². The van der Waals surface area contributed by atoms with Crippen molar-refractivity contribution in [2.24, 2.45) is 0 Å². The van der Waals surface area contributed by atoms with Gasteiger partial charge in [-0.1, -0.05) is 13.3 Å². The number of hydrogen-bond acceptors (Lipinski definition) is 4. The van der Waals surface area contributed by atoms with Crippen LogP contribution in [0.1, 0.15) is 40.5 Å². The summed E-state index contributed by atoms with van der Waals surface area (Å²) in [5.74, 6) is -0.897. The Bertz CT molecular complexity index is 555. The Hall–Kier alpha value is -2.08. The van der Waals surface area contributed by atoms with E-state index < -0.39 is 5.97 Å². The predicted molar refractivity (Wildman–Crippen MR) is 80.5 cm³/mol. The van der Waals surface area contributed by atoms with Gasteiger partial charge in [-0.15, -0.1) is 0 Å². The van der Waals surface area contributed by atoms with Gasteiger partial charge in [-0.05, 0) is 24.6 Å². The zero-order valence-electron chi connectivity index (χ0n) is 12.9. The van der Waals surface area contributed by atoms with Crippen LogP contribution < -0.4 is 4.74 Å². The molecule has 1 aliphatic heterocycles. The third-order valence-corrected chi connectivity index (χ3v) is 3.75. The lowest BCUT2D eigenvalue weighted by Gasteiger charge is -2.35. The van der Waals surface area contributed by atoms with Gasteiger partial charge >= 0.3 is 5.97 Å². The first-order valence-electron chi connectivity index (χ1n) is 7.38. The first kappa shape index (κ1) is 16.3. The molecule has 1 aliphatic rings. The highest BCUT2D eigenvalue weighted by Gasteiger charge is 2.28. The molecule has 1 heterocycles. The molecule has 0 radical (unpaired) electrons. The number of ether oxygens (including phenoxy) is 2. The van der Waals surface area contributed by atoms with Gasteiger partial charge in [0.15, 0.2) is 0 Å². The van der Waals surface area contributed by atoms with Crippen LogP contribution in [-0.4, -0.2) is 54.8 Å². The molecule has 1 aromatic rings. The smallest absolute Gasteiger partial charge is 0.335 e. The number of aromatic carboxylic acids is 1. The SMILES string of the molecule is CCC[C@H]1COCCN1C(=O)c1cc(OC)cc(C(=O)O)c1. The van der Waals surface area contributed by atoms with E-state index in [4.69, 9.17) is 14.6 Å². The fourth-order valence-electron chi connectivity index (χ4n) is 2.62. The number of nitrogens with zero attached hydrogens (tertiary/aromatic N) is 1. The molecular weight excluding hydrogens is 286 g/mol. The van der Waals surface area contributed by atoms with Gasteiger partial charge in [-0.2, -0.15) is 0 Å². The molecule has 1 atom stereocenters. The number of carboxylic acid groups (broad SMARTS) is 1. The van der Waals surface area contributed by atoms with Crippen molar-refractivity contribution in [1.29, 1.82) is 0 Å². The Labute approximate surface area is 129 Å². The summed E-state index contributed by atoms with van der Waals surface area (Å²) in [6.45, 7) is 3.60. The number of hydrogen-bond donors (Lipinski definition) is 1. The zero-order chi connectivity index (χ0) is 16.1. The molecule has 1 saturated heterocycles. The molecule has 120 valence electrons. The highest BCUT2D eigenvalue weighted by atomic mass is 16.5. The summed E-state index contributed by atoms with van der Waals surface area (Å²) >= 11 is 0. The molecule has 22 heavy (non-hydrogen) atoms. The van der Waals surface area contributed by atoms with E-state index in [9.17, 15) is 9.59 Å². The van der Waals surface area contributed by atoms with Gasteiger partial charge in [-0.3, -0.25) is 4.79 Å². The molecule has 0 aliphatic carbocycles. The van der Waals surface area contributed by atoms with Gasteiger partial charge in [0.1, 0.15) is 5.75 Å². The molecule has 1 N–H and O–H groups in total. The van der Waals surface area contributed by atoms with Crippen LogP contribution in [0.15, 0.2) is 18.2 Å². The van der Waals surface area contributed by atoms with E-state index in [1.807, 2.05) is 0 Å². The third-order valence-electron chi connectivity index (χ3n) is 3.75. The summed E-state index contributed by atoms with van der Waals surface area (Å²) in [4.78, 5) is 25.7. The lowest BCUT2D eigenvalue weighted by molar-refractivity contribution is -0.00435. The molecule has 0 spiro atoms. The Kier molecular flexibility index (Phi) is 5.38. The molecule has 6 heteroatoms. The van der Waals surface area contributed by atoms with Crippen LogP contribution in [0.4, 0.5) is 0 Å². The number of methoxy groups -OCH3 is 1. The normalized spacial score (nSPS) is 18.1. The molecule has 0 bridgehead atoms. The van der Waals surface area contributed by atoms with Crippen LogP contribution in [0, 0.1) is 0 Å². The molecule has 6 nitrogen and oxygen atoms in total. The van der Waals surface area contributed by atoms with Crippen LogP contribution in [0.25, 0.3) is 0 Å². The lowest BCUT2D eigenvalue weighted by atomic mass is 10.1. The number of benzene rings is 1. The van der Waals surface area contributed by atoms with Crippen LogP contribution >= 0.6 is 0 Å². The fraction of sp³-hybridized carbons (Fsp3) is 0.500. The summed E-state index contributed by atoms with van der Waals surface area (Å²) in [5, 5.41) is 9.16. The maximum Gasteiger partial charge on any atom is 0.335 e. The van der Waals surface area contributed by atoms with Crippen molar-refractivity contribution >= 4 is 11.9 Å². The van der Waals surface area contributed by atoms with Gasteiger partial charge in [0.25, 0.3) is 5.91 Å². The molecule has 0 unspecified atom stereocenters. The molecule has 2 rings (SSSR count). The van der Waals surface area contributed by atoms with Crippen molar-refractivity contribution in [1.82, 2.24) is 4.90 Å². The van der Waals surface area contributed by atoms with E-state index in [1.54, 1.807) is 11.0 Å². The number of rotatable bonds is 5. The second-order valence-electron chi connectivity index (χ2n) is 5.27. The van der Waals surface area contributed by atoms with Crippen molar-refractivity contribution in [3.63, 3.8) is 0 Å². The van der Waals surface area contributed by atoms with Gasteiger partial charge in [0.2, 0.25) is 0 Å². The highest BCUT2D eigenvalue weighted by molar-refractivity contribution is 5.98. The van der Waals surface area contributed by atoms with Crippen molar-refractivity contribution in [2.75, 3.05) is 26.9 Å². The predicted octanol–water partition coefficient (Wildman–Crippen LogP) is 2.03. The minimum absolute atomic E-state index is 0.0331. The van der Waals surface area contributed by atoms with Crippen LogP contribution in [0.3, 0.4) is 0 Å². The molecule has 1 aromatic carbocycles. The van der Waals surface area contributed by atoms with E-state index >= 15 is 0 Å². The Morgan fingerprint density at radius 2 is 2.09 bits per heavy atom. The monoisotopic (exact) mass is 307 g/mol. The van der Waals surface area contributed by atoms with E-state index in [2.05, 4.69) is 6.92 Å². The van der Waals surface area contributed by atoms with Crippen molar-refractivity contribution in [3.8, 4) is 5.75 Å². The minimum atomic E-state index is -1.08. The van der Waals surface area contributed by atoms with Crippen LogP contribution in [-0.2, 0) is 4.74 Å². The standard InChI is InChI=1S/C16H21NO5/c1-3-4-13-10-22-6-5-17(13)15(18)11-7-12(16(19)20)9-14(8-11)21-2/h7-9,13H,3-6,10H2,1-2H3,(H,19,20)/t13-/m0/s1. The zero-order valence-corrected chi connectivity index (χ0v) is 12.9. The van der Waals surface area contributed by atoms with E-state index in [0.29, 0.717) is 31.1 Å². The van der Waals surface area contributed by atoms with Gasteiger partial charge in [0, 0.05) is 12.1 Å². The summed E-state index contributed by atoms with van der Waals surface area (Å²) in [6.07, 6.45) is 1.82. The lowest BCUT2D eigenvalue weighted by Crippen LogP contribution is -2.48. The molecule has 0 aromatic heterocycles. The second kappa shape index (κ2) is 7.26. The summed E-state index contributed by atoms with van der Waals surface area (Å²) in [6, 6.07) is 4.41. The van der Waals surface area contributed by atoms with E-state index in [-0.39, 0.29) is 17.5 Å². The van der Waals surface area contributed by atoms with E-state index in [1.165, 1.54) is 19.2 Å². The van der Waals surface area contributed by atoms with Gasteiger partial charge in [0.05, 0.1) is 31.9 Å². The van der Waals surface area contributed by atoms with Crippen molar-refractivity contribution < 1.29 is 24.2 Å². The van der Waals surface area contributed by atoms with Crippen LogP contribution in [0.5, 0.6) is 5.75 Å².